The molecule has 0 aliphatic carbocycles. The van der Waals surface area contributed by atoms with Crippen LogP contribution in [-0.2, 0) is 0 Å². The molecule has 6 nitrogen and oxygen atoms in total. The second kappa shape index (κ2) is 5.11. The van der Waals surface area contributed by atoms with Crippen molar-refractivity contribution in [2.75, 3.05) is 13.1 Å². The Morgan fingerprint density at radius 1 is 1.27 bits per heavy atom. The van der Waals surface area contributed by atoms with Gasteiger partial charge in [-0.15, -0.1) is 0 Å². The molecule has 3 aromatic rings. The average Bonchev–Trinajstić information content (AvgIpc) is 3.21. The molecule has 1 atom stereocenters. The number of nitriles is 1. The van der Waals surface area contributed by atoms with E-state index in [2.05, 4.69) is 32.2 Å². The Morgan fingerprint density at radius 3 is 2.91 bits per heavy atom. The molecule has 1 saturated heterocycles. The Balaban J connectivity index is 1.69. The first-order valence-electron chi connectivity index (χ1n) is 7.24. The number of aromatic nitrogens is 4. The zero-order valence-electron chi connectivity index (χ0n) is 11.9. The summed E-state index contributed by atoms with van der Waals surface area (Å²) < 4.78 is 0. The molecule has 22 heavy (non-hydrogen) atoms. The van der Waals surface area contributed by atoms with Crippen molar-refractivity contribution in [1.29, 1.82) is 5.26 Å². The highest BCUT2D eigenvalue weighted by Gasteiger charge is 2.25. The van der Waals surface area contributed by atoms with Gasteiger partial charge in [-0.3, -0.25) is 4.98 Å². The van der Waals surface area contributed by atoms with Crippen LogP contribution in [0.1, 0.15) is 18.2 Å². The average molecular weight is 290 g/mol. The maximum Gasteiger partial charge on any atom is 0.179 e. The fraction of sp³-hybridized carbons (Fsp3) is 0.250. The molecule has 1 aliphatic heterocycles. The van der Waals surface area contributed by atoms with Crippen LogP contribution in [0.3, 0.4) is 0 Å². The first-order chi connectivity index (χ1) is 10.8. The maximum atomic E-state index is 8.96. The Kier molecular flexibility index (Phi) is 2.97. The van der Waals surface area contributed by atoms with Crippen LogP contribution in [-0.4, -0.2) is 37.9 Å². The second-order valence-corrected chi connectivity index (χ2v) is 5.48. The number of hydrogen-bond donors (Lipinski definition) is 1. The fourth-order valence-electron chi connectivity index (χ4n) is 2.89. The number of likely N-dealkylation sites (tertiary alicyclic amines) is 1. The lowest BCUT2D eigenvalue weighted by Gasteiger charge is -2.05. The molecule has 0 bridgehead atoms. The zero-order chi connectivity index (χ0) is 14.9. The van der Waals surface area contributed by atoms with E-state index >= 15 is 0 Å². The lowest BCUT2D eigenvalue weighted by atomic mass is 10.1. The quantitative estimate of drug-likeness (QED) is 0.732. The molecule has 1 N–H and O–H groups in total. The Bertz CT molecular complexity index is 848. The maximum absolute atomic E-state index is 8.96. The van der Waals surface area contributed by atoms with Gasteiger partial charge in [-0.2, -0.15) is 5.26 Å². The van der Waals surface area contributed by atoms with E-state index in [9.17, 15) is 0 Å². The summed E-state index contributed by atoms with van der Waals surface area (Å²) >= 11 is 0. The van der Waals surface area contributed by atoms with Crippen LogP contribution in [0.5, 0.6) is 0 Å². The summed E-state index contributed by atoms with van der Waals surface area (Å²) in [6.45, 7) is 1.53. The smallest absolute Gasteiger partial charge is 0.179 e. The van der Waals surface area contributed by atoms with Crippen molar-refractivity contribution in [2.24, 2.45) is 0 Å². The van der Waals surface area contributed by atoms with Crippen molar-refractivity contribution in [3.63, 3.8) is 0 Å². The molecule has 3 aromatic heterocycles. The van der Waals surface area contributed by atoms with Gasteiger partial charge < -0.3 is 9.88 Å². The van der Waals surface area contributed by atoms with E-state index in [4.69, 9.17) is 5.26 Å². The van der Waals surface area contributed by atoms with E-state index in [1.165, 1.54) is 0 Å². The SMILES string of the molecule is N#CN1CC[C@H](c2nc3ncc(-c4ccncc4)cc3[nH]2)C1. The van der Waals surface area contributed by atoms with Gasteiger partial charge in [-0.05, 0) is 30.2 Å². The highest BCUT2D eigenvalue weighted by molar-refractivity contribution is 5.78. The number of hydrogen-bond acceptors (Lipinski definition) is 5. The number of aromatic amines is 1. The van der Waals surface area contributed by atoms with E-state index in [0.29, 0.717) is 0 Å². The highest BCUT2D eigenvalue weighted by atomic mass is 15.1. The topological polar surface area (TPSA) is 81.5 Å². The van der Waals surface area contributed by atoms with Crippen molar-refractivity contribution in [3.05, 3.63) is 42.6 Å². The van der Waals surface area contributed by atoms with Gasteiger partial charge in [0, 0.05) is 43.2 Å². The minimum absolute atomic E-state index is 0.276. The second-order valence-electron chi connectivity index (χ2n) is 5.48. The molecule has 0 aromatic carbocycles. The molecule has 0 unspecified atom stereocenters. The van der Waals surface area contributed by atoms with Crippen LogP contribution in [0, 0.1) is 11.5 Å². The number of imidazole rings is 1. The van der Waals surface area contributed by atoms with Gasteiger partial charge in [-0.1, -0.05) is 0 Å². The number of nitrogens with zero attached hydrogens (tertiary/aromatic N) is 5. The fourth-order valence-corrected chi connectivity index (χ4v) is 2.89. The van der Waals surface area contributed by atoms with E-state index in [0.717, 1.165) is 47.6 Å². The molecule has 0 saturated carbocycles. The first-order valence-corrected chi connectivity index (χ1v) is 7.24. The summed E-state index contributed by atoms with van der Waals surface area (Å²) in [7, 11) is 0. The molecule has 1 aliphatic rings. The molecule has 1 fully saturated rings. The largest absolute Gasteiger partial charge is 0.340 e. The first kappa shape index (κ1) is 12.8. The lowest BCUT2D eigenvalue weighted by Crippen LogP contribution is -2.13. The van der Waals surface area contributed by atoms with Gasteiger partial charge in [0.1, 0.15) is 5.82 Å². The Hall–Kier alpha value is -2.94. The van der Waals surface area contributed by atoms with Crippen LogP contribution in [0.4, 0.5) is 0 Å². The van der Waals surface area contributed by atoms with Gasteiger partial charge in [0.2, 0.25) is 0 Å². The summed E-state index contributed by atoms with van der Waals surface area (Å²) in [5.41, 5.74) is 3.77. The van der Waals surface area contributed by atoms with Crippen LogP contribution in [0.25, 0.3) is 22.3 Å². The van der Waals surface area contributed by atoms with Gasteiger partial charge in [0.05, 0.1) is 5.52 Å². The van der Waals surface area contributed by atoms with Crippen molar-refractivity contribution in [3.8, 4) is 17.3 Å². The molecule has 108 valence electrons. The van der Waals surface area contributed by atoms with Crippen molar-refractivity contribution in [1.82, 2.24) is 24.8 Å². The molecular formula is C16H14N6. The molecule has 0 radical (unpaired) electrons. The number of fused-ring (bicyclic) bond motifs is 1. The molecule has 0 amide bonds. The number of nitrogens with one attached hydrogen (secondary N) is 1. The summed E-state index contributed by atoms with van der Waals surface area (Å²) in [6.07, 6.45) is 8.52. The number of pyridine rings is 2. The van der Waals surface area contributed by atoms with Crippen LogP contribution < -0.4 is 0 Å². The van der Waals surface area contributed by atoms with E-state index < -0.39 is 0 Å². The van der Waals surface area contributed by atoms with Crippen molar-refractivity contribution >= 4 is 11.2 Å². The highest BCUT2D eigenvalue weighted by Crippen LogP contribution is 2.27. The third-order valence-corrected chi connectivity index (χ3v) is 4.09. The molecule has 4 heterocycles. The van der Waals surface area contributed by atoms with Gasteiger partial charge >= 0.3 is 0 Å². The third kappa shape index (κ3) is 2.17. The van der Waals surface area contributed by atoms with Gasteiger partial charge in [0.25, 0.3) is 0 Å². The van der Waals surface area contributed by atoms with E-state index in [1.54, 1.807) is 17.3 Å². The van der Waals surface area contributed by atoms with E-state index in [-0.39, 0.29) is 5.92 Å². The van der Waals surface area contributed by atoms with Gasteiger partial charge in [0.15, 0.2) is 11.8 Å². The normalized spacial score (nSPS) is 17.8. The summed E-state index contributed by atoms with van der Waals surface area (Å²) in [5, 5.41) is 8.96. The molecule has 4 rings (SSSR count). The summed E-state index contributed by atoms with van der Waals surface area (Å²) in [5.74, 6) is 1.20. The Morgan fingerprint density at radius 2 is 2.14 bits per heavy atom. The van der Waals surface area contributed by atoms with Gasteiger partial charge in [-0.25, -0.2) is 9.97 Å². The number of H-pyrrole nitrogens is 1. The minimum Gasteiger partial charge on any atom is -0.340 e. The standard InChI is InChI=1S/C16H14N6/c17-10-22-6-3-12(9-22)15-20-14-7-13(8-19-16(14)21-15)11-1-4-18-5-2-11/h1-2,4-5,7-8,12H,3,6,9H2,(H,19,20,21)/t12-/m0/s1. The molecule has 6 heteroatoms. The summed E-state index contributed by atoms with van der Waals surface area (Å²) in [4.78, 5) is 18.2. The predicted molar refractivity (Wildman–Crippen MR) is 81.7 cm³/mol. The summed E-state index contributed by atoms with van der Waals surface area (Å²) in [6, 6.07) is 5.98. The monoisotopic (exact) mass is 290 g/mol. The van der Waals surface area contributed by atoms with Crippen molar-refractivity contribution < 1.29 is 0 Å². The zero-order valence-corrected chi connectivity index (χ0v) is 11.9. The third-order valence-electron chi connectivity index (χ3n) is 4.09. The van der Waals surface area contributed by atoms with Crippen LogP contribution in [0.15, 0.2) is 36.8 Å². The van der Waals surface area contributed by atoms with Crippen LogP contribution >= 0.6 is 0 Å². The van der Waals surface area contributed by atoms with Crippen LogP contribution in [0.2, 0.25) is 0 Å². The number of rotatable bonds is 2. The molecular weight excluding hydrogens is 276 g/mol. The predicted octanol–water partition coefficient (Wildman–Crippen LogP) is 2.29. The minimum atomic E-state index is 0.276. The van der Waals surface area contributed by atoms with E-state index in [1.807, 2.05) is 18.3 Å². The Labute approximate surface area is 127 Å². The molecule has 0 spiro atoms. The van der Waals surface area contributed by atoms with Crippen molar-refractivity contribution in [2.45, 2.75) is 12.3 Å². The lowest BCUT2D eigenvalue weighted by molar-refractivity contribution is 0.477.